The van der Waals surface area contributed by atoms with Gasteiger partial charge in [-0.25, -0.2) is 0 Å². The Hall–Kier alpha value is -1.40. The number of nitrogens with zero attached hydrogens (tertiary/aromatic N) is 3. The van der Waals surface area contributed by atoms with Crippen LogP contribution in [0.4, 0.5) is 24.7 Å². The fourth-order valence-corrected chi connectivity index (χ4v) is 2.27. The number of hydrogen-bond donors (Lipinski definition) is 1. The molecule has 1 saturated heterocycles. The van der Waals surface area contributed by atoms with Crippen LogP contribution >= 0.6 is 0 Å². The molecule has 0 amide bonds. The van der Waals surface area contributed by atoms with Gasteiger partial charge in [0.05, 0.1) is 17.8 Å². The number of halogens is 3. The number of nitrogens with two attached hydrogens (primary N) is 1. The van der Waals surface area contributed by atoms with Gasteiger partial charge in [0.2, 0.25) is 0 Å². The van der Waals surface area contributed by atoms with Crippen molar-refractivity contribution in [2.75, 3.05) is 23.7 Å². The Kier molecular flexibility index (Phi) is 2.92. The second-order valence-corrected chi connectivity index (χ2v) is 4.37. The molecule has 1 aromatic rings. The van der Waals surface area contributed by atoms with Crippen molar-refractivity contribution in [1.29, 1.82) is 0 Å². The molecule has 1 aromatic heterocycles. The zero-order valence-corrected chi connectivity index (χ0v) is 9.54. The second-order valence-electron chi connectivity index (χ2n) is 4.37. The zero-order valence-electron chi connectivity index (χ0n) is 9.54. The summed E-state index contributed by atoms with van der Waals surface area (Å²) in [7, 11) is 1.68. The number of aromatic nitrogens is 2. The van der Waals surface area contributed by atoms with Crippen molar-refractivity contribution in [3.63, 3.8) is 0 Å². The predicted molar refractivity (Wildman–Crippen MR) is 58.6 cm³/mol. The SMILES string of the molecule is Cn1ncc(N)c1N1CCCC(C(F)(F)F)C1. The van der Waals surface area contributed by atoms with Crippen LogP contribution in [0.25, 0.3) is 0 Å². The molecule has 1 fully saturated rings. The molecular weight excluding hydrogens is 233 g/mol. The summed E-state index contributed by atoms with van der Waals surface area (Å²) < 4.78 is 39.6. The van der Waals surface area contributed by atoms with E-state index >= 15 is 0 Å². The first-order chi connectivity index (χ1) is 7.89. The first-order valence-electron chi connectivity index (χ1n) is 5.48. The summed E-state index contributed by atoms with van der Waals surface area (Å²) in [5, 5.41) is 3.95. The first-order valence-corrected chi connectivity index (χ1v) is 5.48. The van der Waals surface area contributed by atoms with Gasteiger partial charge in [-0.2, -0.15) is 18.3 Å². The van der Waals surface area contributed by atoms with Crippen molar-refractivity contribution >= 4 is 11.5 Å². The van der Waals surface area contributed by atoms with Crippen LogP contribution < -0.4 is 10.6 Å². The Morgan fingerprint density at radius 3 is 2.71 bits per heavy atom. The minimum Gasteiger partial charge on any atom is -0.394 e. The van der Waals surface area contributed by atoms with Crippen molar-refractivity contribution in [1.82, 2.24) is 9.78 Å². The molecule has 17 heavy (non-hydrogen) atoms. The lowest BCUT2D eigenvalue weighted by Gasteiger charge is -2.35. The molecule has 0 radical (unpaired) electrons. The van der Waals surface area contributed by atoms with Gasteiger partial charge in [-0.05, 0) is 12.8 Å². The molecule has 2 rings (SSSR count). The van der Waals surface area contributed by atoms with E-state index in [1.807, 2.05) is 0 Å². The molecule has 0 bridgehead atoms. The molecule has 1 unspecified atom stereocenters. The monoisotopic (exact) mass is 248 g/mol. The molecule has 96 valence electrons. The molecule has 0 saturated carbocycles. The van der Waals surface area contributed by atoms with E-state index in [0.29, 0.717) is 24.5 Å². The van der Waals surface area contributed by atoms with Crippen LogP contribution in [0, 0.1) is 5.92 Å². The maximum atomic E-state index is 12.7. The van der Waals surface area contributed by atoms with Crippen LogP contribution in [-0.4, -0.2) is 29.0 Å². The van der Waals surface area contributed by atoms with Gasteiger partial charge in [0, 0.05) is 20.1 Å². The normalized spacial score (nSPS) is 21.9. The molecule has 1 aliphatic heterocycles. The van der Waals surface area contributed by atoms with Gasteiger partial charge in [0.1, 0.15) is 5.82 Å². The lowest BCUT2D eigenvalue weighted by molar-refractivity contribution is -0.176. The highest BCUT2D eigenvalue weighted by Gasteiger charge is 2.42. The summed E-state index contributed by atoms with van der Waals surface area (Å²) in [6.07, 6.45) is -1.95. The average Bonchev–Trinajstić information content (AvgIpc) is 2.57. The van der Waals surface area contributed by atoms with E-state index < -0.39 is 12.1 Å². The van der Waals surface area contributed by atoms with Crippen LogP contribution in [0.2, 0.25) is 0 Å². The van der Waals surface area contributed by atoms with Crippen molar-refractivity contribution in [3.05, 3.63) is 6.20 Å². The minimum absolute atomic E-state index is 0.0345. The molecule has 1 atom stereocenters. The van der Waals surface area contributed by atoms with E-state index in [9.17, 15) is 13.2 Å². The summed E-state index contributed by atoms with van der Waals surface area (Å²) in [6, 6.07) is 0. The molecule has 1 aliphatic rings. The Labute approximate surface area is 97.2 Å². The molecule has 2 N–H and O–H groups in total. The Morgan fingerprint density at radius 1 is 1.47 bits per heavy atom. The third-order valence-electron chi connectivity index (χ3n) is 3.12. The number of rotatable bonds is 1. The molecule has 0 aromatic carbocycles. The van der Waals surface area contributed by atoms with Gasteiger partial charge in [-0.3, -0.25) is 4.68 Å². The van der Waals surface area contributed by atoms with Gasteiger partial charge >= 0.3 is 6.18 Å². The quantitative estimate of drug-likeness (QED) is 0.824. The molecule has 4 nitrogen and oxygen atoms in total. The number of aryl methyl sites for hydroxylation is 1. The van der Waals surface area contributed by atoms with Crippen LogP contribution in [0.3, 0.4) is 0 Å². The second kappa shape index (κ2) is 4.12. The fraction of sp³-hybridized carbons (Fsp3) is 0.700. The van der Waals surface area contributed by atoms with Gasteiger partial charge in [0.15, 0.2) is 0 Å². The molecular formula is C10H15F3N4. The van der Waals surface area contributed by atoms with Crippen LogP contribution in [-0.2, 0) is 7.05 Å². The molecule has 2 heterocycles. The predicted octanol–water partition coefficient (Wildman–Crippen LogP) is 1.78. The van der Waals surface area contributed by atoms with E-state index in [-0.39, 0.29) is 13.0 Å². The third-order valence-corrected chi connectivity index (χ3v) is 3.12. The summed E-state index contributed by atoms with van der Waals surface area (Å²) in [5.74, 6) is -0.690. The van der Waals surface area contributed by atoms with Gasteiger partial charge in [0.25, 0.3) is 0 Å². The topological polar surface area (TPSA) is 47.1 Å². The van der Waals surface area contributed by atoms with Crippen LogP contribution in [0.1, 0.15) is 12.8 Å². The van der Waals surface area contributed by atoms with Crippen molar-refractivity contribution in [2.24, 2.45) is 13.0 Å². The van der Waals surface area contributed by atoms with E-state index in [0.717, 1.165) is 0 Å². The van der Waals surface area contributed by atoms with E-state index in [2.05, 4.69) is 5.10 Å². The lowest BCUT2D eigenvalue weighted by atomic mass is 9.97. The maximum Gasteiger partial charge on any atom is 0.393 e. The highest BCUT2D eigenvalue weighted by atomic mass is 19.4. The smallest absolute Gasteiger partial charge is 0.393 e. The number of nitrogen functional groups attached to an aromatic ring is 1. The van der Waals surface area contributed by atoms with Crippen LogP contribution in [0.15, 0.2) is 6.20 Å². The summed E-state index contributed by atoms with van der Waals surface area (Å²) in [6.45, 7) is 0.559. The number of alkyl halides is 3. The van der Waals surface area contributed by atoms with Crippen molar-refractivity contribution in [3.8, 4) is 0 Å². The van der Waals surface area contributed by atoms with Crippen molar-refractivity contribution < 1.29 is 13.2 Å². The summed E-state index contributed by atoms with van der Waals surface area (Å²) >= 11 is 0. The highest BCUT2D eigenvalue weighted by Crippen LogP contribution is 2.35. The van der Waals surface area contributed by atoms with Crippen molar-refractivity contribution in [2.45, 2.75) is 19.0 Å². The van der Waals surface area contributed by atoms with Gasteiger partial charge in [-0.15, -0.1) is 0 Å². The third kappa shape index (κ3) is 2.32. The Bertz CT molecular complexity index is 379. The Morgan fingerprint density at radius 2 is 2.18 bits per heavy atom. The number of hydrogen-bond acceptors (Lipinski definition) is 3. The zero-order chi connectivity index (χ0) is 12.6. The Balaban J connectivity index is 2.18. The molecule has 0 spiro atoms. The number of piperidine rings is 1. The standard InChI is InChI=1S/C10H15F3N4/c1-16-9(8(14)5-15-16)17-4-2-3-7(6-17)10(11,12)13/h5,7H,2-4,6,14H2,1H3. The highest BCUT2D eigenvalue weighted by molar-refractivity contribution is 5.62. The van der Waals surface area contributed by atoms with Crippen LogP contribution in [0.5, 0.6) is 0 Å². The molecule has 7 heteroatoms. The van der Waals surface area contributed by atoms with Gasteiger partial charge < -0.3 is 10.6 Å². The maximum absolute atomic E-state index is 12.7. The molecule has 0 aliphatic carbocycles. The lowest BCUT2D eigenvalue weighted by Crippen LogP contribution is -2.42. The largest absolute Gasteiger partial charge is 0.394 e. The average molecular weight is 248 g/mol. The minimum atomic E-state index is -4.13. The summed E-state index contributed by atoms with van der Waals surface area (Å²) in [4.78, 5) is 1.67. The summed E-state index contributed by atoms with van der Waals surface area (Å²) in [5.41, 5.74) is 6.15. The fourth-order valence-electron chi connectivity index (χ4n) is 2.27. The van der Waals surface area contributed by atoms with E-state index in [4.69, 9.17) is 5.73 Å². The van der Waals surface area contributed by atoms with Gasteiger partial charge in [-0.1, -0.05) is 0 Å². The first kappa shape index (κ1) is 12.1. The number of anilines is 2. The van der Waals surface area contributed by atoms with E-state index in [1.54, 1.807) is 11.9 Å². The van der Waals surface area contributed by atoms with E-state index in [1.165, 1.54) is 10.9 Å².